The summed E-state index contributed by atoms with van der Waals surface area (Å²) in [5.74, 6) is 0.914. The van der Waals surface area contributed by atoms with Crippen molar-refractivity contribution < 1.29 is 0 Å². The van der Waals surface area contributed by atoms with Crippen LogP contribution in [-0.4, -0.2) is 30.2 Å². The normalized spacial score (nSPS) is 30.7. The zero-order valence-electron chi connectivity index (χ0n) is 9.72. The lowest BCUT2D eigenvalue weighted by molar-refractivity contribution is 0.406. The van der Waals surface area contributed by atoms with E-state index in [2.05, 4.69) is 27.5 Å². The van der Waals surface area contributed by atoms with Crippen LogP contribution in [0.1, 0.15) is 26.2 Å². The summed E-state index contributed by atoms with van der Waals surface area (Å²) < 4.78 is 0. The van der Waals surface area contributed by atoms with Crippen molar-refractivity contribution in [2.24, 2.45) is 5.92 Å². The molecule has 2 heterocycles. The van der Waals surface area contributed by atoms with E-state index >= 15 is 0 Å². The second-order valence-corrected chi connectivity index (χ2v) is 5.94. The van der Waals surface area contributed by atoms with Crippen molar-refractivity contribution in [3.8, 4) is 0 Å². The van der Waals surface area contributed by atoms with Gasteiger partial charge in [0, 0.05) is 36.8 Å². The zero-order chi connectivity index (χ0) is 11.0. The summed E-state index contributed by atoms with van der Waals surface area (Å²) in [5, 5.41) is 7.02. The molecule has 0 bridgehead atoms. The van der Waals surface area contributed by atoms with Gasteiger partial charge in [-0.25, -0.2) is 4.98 Å². The smallest absolute Gasteiger partial charge is 0.185 e. The van der Waals surface area contributed by atoms with Crippen LogP contribution in [0, 0.1) is 5.92 Å². The van der Waals surface area contributed by atoms with Crippen molar-refractivity contribution in [1.82, 2.24) is 10.3 Å². The van der Waals surface area contributed by atoms with Crippen LogP contribution in [0.2, 0.25) is 0 Å². The SMILES string of the molecule is CC1CC1NC1CCN(c2nccs2)CC1. The lowest BCUT2D eigenvalue weighted by Gasteiger charge is -2.32. The predicted molar refractivity (Wildman–Crippen MR) is 68.1 cm³/mol. The summed E-state index contributed by atoms with van der Waals surface area (Å²) in [6.07, 6.45) is 5.81. The highest BCUT2D eigenvalue weighted by molar-refractivity contribution is 7.13. The molecule has 2 aliphatic rings. The molecule has 2 fully saturated rings. The fourth-order valence-electron chi connectivity index (χ4n) is 2.47. The quantitative estimate of drug-likeness (QED) is 0.872. The van der Waals surface area contributed by atoms with E-state index in [4.69, 9.17) is 0 Å². The maximum absolute atomic E-state index is 4.37. The predicted octanol–water partition coefficient (Wildman–Crippen LogP) is 2.11. The number of hydrogen-bond donors (Lipinski definition) is 1. The number of thiazole rings is 1. The van der Waals surface area contributed by atoms with E-state index in [1.54, 1.807) is 11.3 Å². The van der Waals surface area contributed by atoms with Gasteiger partial charge >= 0.3 is 0 Å². The van der Waals surface area contributed by atoms with Gasteiger partial charge in [0.05, 0.1) is 0 Å². The Balaban J connectivity index is 1.48. The molecule has 0 amide bonds. The fraction of sp³-hybridized carbons (Fsp3) is 0.750. The largest absolute Gasteiger partial charge is 0.348 e. The Labute approximate surface area is 101 Å². The highest BCUT2D eigenvalue weighted by atomic mass is 32.1. The number of piperidine rings is 1. The number of nitrogens with zero attached hydrogens (tertiary/aromatic N) is 2. The van der Waals surface area contributed by atoms with E-state index in [1.165, 1.54) is 24.4 Å². The molecule has 88 valence electrons. The molecule has 1 aromatic rings. The average Bonchev–Trinajstić information content (AvgIpc) is 2.83. The van der Waals surface area contributed by atoms with Crippen LogP contribution in [0.25, 0.3) is 0 Å². The van der Waals surface area contributed by atoms with Crippen molar-refractivity contribution in [2.75, 3.05) is 18.0 Å². The van der Waals surface area contributed by atoms with Gasteiger partial charge in [-0.3, -0.25) is 0 Å². The maximum Gasteiger partial charge on any atom is 0.185 e. The van der Waals surface area contributed by atoms with Gasteiger partial charge in [0.1, 0.15) is 0 Å². The van der Waals surface area contributed by atoms with Crippen LogP contribution in [0.5, 0.6) is 0 Å². The van der Waals surface area contributed by atoms with Gasteiger partial charge in [-0.2, -0.15) is 0 Å². The van der Waals surface area contributed by atoms with Crippen molar-refractivity contribution >= 4 is 16.5 Å². The third-order valence-electron chi connectivity index (χ3n) is 3.74. The summed E-state index contributed by atoms with van der Waals surface area (Å²) in [5.41, 5.74) is 0. The summed E-state index contributed by atoms with van der Waals surface area (Å²) in [6, 6.07) is 1.56. The van der Waals surface area contributed by atoms with Crippen LogP contribution >= 0.6 is 11.3 Å². The first-order valence-corrected chi connectivity index (χ1v) is 7.11. The van der Waals surface area contributed by atoms with Crippen molar-refractivity contribution in [3.05, 3.63) is 11.6 Å². The first-order valence-electron chi connectivity index (χ1n) is 6.23. The van der Waals surface area contributed by atoms with Crippen LogP contribution < -0.4 is 10.2 Å². The molecular weight excluding hydrogens is 218 g/mol. The second-order valence-electron chi connectivity index (χ2n) is 5.06. The molecule has 4 heteroatoms. The van der Waals surface area contributed by atoms with Gasteiger partial charge in [0.2, 0.25) is 0 Å². The van der Waals surface area contributed by atoms with Crippen LogP contribution in [0.15, 0.2) is 11.6 Å². The highest BCUT2D eigenvalue weighted by Gasteiger charge is 2.34. The van der Waals surface area contributed by atoms with E-state index < -0.39 is 0 Å². The van der Waals surface area contributed by atoms with Crippen LogP contribution in [0.4, 0.5) is 5.13 Å². The van der Waals surface area contributed by atoms with E-state index in [0.717, 1.165) is 31.1 Å². The van der Waals surface area contributed by atoms with E-state index in [9.17, 15) is 0 Å². The monoisotopic (exact) mass is 237 g/mol. The van der Waals surface area contributed by atoms with Crippen LogP contribution in [-0.2, 0) is 0 Å². The van der Waals surface area contributed by atoms with Gasteiger partial charge in [0.15, 0.2) is 5.13 Å². The molecule has 1 aliphatic carbocycles. The third-order valence-corrected chi connectivity index (χ3v) is 4.58. The van der Waals surface area contributed by atoms with E-state index in [-0.39, 0.29) is 0 Å². The van der Waals surface area contributed by atoms with E-state index in [1.807, 2.05) is 6.20 Å². The lowest BCUT2D eigenvalue weighted by atomic mass is 10.1. The standard InChI is InChI=1S/C12H19N3S/c1-9-8-11(9)14-10-2-5-15(6-3-10)12-13-4-7-16-12/h4,7,9-11,14H,2-3,5-6,8H2,1H3. The molecular formula is C12H19N3S. The molecule has 3 nitrogen and oxygen atoms in total. The number of anilines is 1. The molecule has 0 aromatic carbocycles. The summed E-state index contributed by atoms with van der Waals surface area (Å²) in [6.45, 7) is 4.65. The molecule has 2 atom stereocenters. The minimum absolute atomic E-state index is 0.742. The minimum Gasteiger partial charge on any atom is -0.348 e. The maximum atomic E-state index is 4.37. The number of hydrogen-bond acceptors (Lipinski definition) is 4. The Hall–Kier alpha value is -0.610. The van der Waals surface area contributed by atoms with Crippen molar-refractivity contribution in [3.63, 3.8) is 0 Å². The molecule has 1 saturated carbocycles. The lowest BCUT2D eigenvalue weighted by Crippen LogP contribution is -2.43. The molecule has 2 unspecified atom stereocenters. The average molecular weight is 237 g/mol. The van der Waals surface area contributed by atoms with Gasteiger partial charge < -0.3 is 10.2 Å². The fourth-order valence-corrected chi connectivity index (χ4v) is 3.16. The Kier molecular flexibility index (Phi) is 2.86. The Morgan fingerprint density at radius 3 is 2.75 bits per heavy atom. The molecule has 1 N–H and O–H groups in total. The number of rotatable bonds is 3. The Bertz CT molecular complexity index is 330. The summed E-state index contributed by atoms with van der Waals surface area (Å²) in [7, 11) is 0. The molecule has 1 aromatic heterocycles. The van der Waals surface area contributed by atoms with E-state index in [0.29, 0.717) is 0 Å². The van der Waals surface area contributed by atoms with Gasteiger partial charge in [-0.15, -0.1) is 11.3 Å². The Morgan fingerprint density at radius 2 is 2.19 bits per heavy atom. The van der Waals surface area contributed by atoms with Crippen molar-refractivity contribution in [2.45, 2.75) is 38.3 Å². The third kappa shape index (κ3) is 2.23. The van der Waals surface area contributed by atoms with Crippen molar-refractivity contribution in [1.29, 1.82) is 0 Å². The van der Waals surface area contributed by atoms with Gasteiger partial charge in [0.25, 0.3) is 0 Å². The van der Waals surface area contributed by atoms with Crippen LogP contribution in [0.3, 0.4) is 0 Å². The second kappa shape index (κ2) is 4.34. The molecule has 1 aliphatic heterocycles. The van der Waals surface area contributed by atoms with Gasteiger partial charge in [-0.05, 0) is 25.2 Å². The summed E-state index contributed by atoms with van der Waals surface area (Å²) >= 11 is 1.75. The van der Waals surface area contributed by atoms with Gasteiger partial charge in [-0.1, -0.05) is 6.92 Å². The topological polar surface area (TPSA) is 28.2 Å². The highest BCUT2D eigenvalue weighted by Crippen LogP contribution is 2.31. The Morgan fingerprint density at radius 1 is 1.44 bits per heavy atom. The number of aromatic nitrogens is 1. The molecule has 0 spiro atoms. The summed E-state index contributed by atoms with van der Waals surface area (Å²) in [4.78, 5) is 6.79. The zero-order valence-corrected chi connectivity index (χ0v) is 10.5. The first-order chi connectivity index (χ1) is 7.83. The molecule has 16 heavy (non-hydrogen) atoms. The molecule has 3 rings (SSSR count). The molecule has 0 radical (unpaired) electrons. The minimum atomic E-state index is 0.742. The number of nitrogens with one attached hydrogen (secondary N) is 1. The first kappa shape index (κ1) is 10.5. The molecule has 1 saturated heterocycles.